The van der Waals surface area contributed by atoms with Crippen molar-refractivity contribution in [2.24, 2.45) is 23.3 Å². The van der Waals surface area contributed by atoms with Crippen molar-refractivity contribution in [3.8, 4) is 33.6 Å². The number of imidazole rings is 2. The van der Waals surface area contributed by atoms with Gasteiger partial charge in [-0.25, -0.2) is 29.1 Å². The molecule has 2 aromatic carbocycles. The van der Waals surface area contributed by atoms with Gasteiger partial charge in [0.1, 0.15) is 23.5 Å². The molecule has 6 heterocycles. The molecule has 8 atom stereocenters. The van der Waals surface area contributed by atoms with E-state index in [0.29, 0.717) is 22.8 Å². The van der Waals surface area contributed by atoms with Gasteiger partial charge in [0.15, 0.2) is 11.4 Å². The number of nitrogens with one attached hydrogen (secondary N) is 2. The smallest absolute Gasteiger partial charge is 0.406 e. The number of carbonyl (C=O) groups excluding carboxylic acids is 4. The number of hydrogen-bond acceptors (Lipinski definition) is 10. The van der Waals surface area contributed by atoms with Crippen LogP contribution in [0.4, 0.5) is 9.59 Å². The Bertz CT molecular complexity index is 2430. The maximum Gasteiger partial charge on any atom is 0.406 e. The zero-order chi connectivity index (χ0) is 38.7. The highest BCUT2D eigenvalue weighted by Crippen LogP contribution is 2.65. The Morgan fingerprint density at radius 1 is 0.714 bits per heavy atom. The zero-order valence-electron chi connectivity index (χ0n) is 31.1. The van der Waals surface area contributed by atoms with E-state index in [2.05, 4.69) is 81.9 Å². The molecule has 6 fully saturated rings. The average Bonchev–Trinajstić information content (AvgIpc) is 4.03. The van der Waals surface area contributed by atoms with Gasteiger partial charge in [-0.2, -0.15) is 0 Å². The van der Waals surface area contributed by atoms with Crippen molar-refractivity contribution in [1.29, 1.82) is 0 Å². The van der Waals surface area contributed by atoms with E-state index in [0.717, 1.165) is 83.5 Å². The first-order valence-corrected chi connectivity index (χ1v) is 19.4. The molecule has 6 N–H and O–H groups in total. The molecular formula is C42H42N8O6. The highest BCUT2D eigenvalue weighted by molar-refractivity contribution is 5.77. The van der Waals surface area contributed by atoms with Gasteiger partial charge in [-0.15, -0.1) is 0 Å². The molecule has 2 aromatic heterocycles. The lowest BCUT2D eigenvalue weighted by Gasteiger charge is -2.57. The van der Waals surface area contributed by atoms with Gasteiger partial charge in [-0.1, -0.05) is 36.4 Å². The van der Waals surface area contributed by atoms with E-state index in [1.54, 1.807) is 6.20 Å². The number of H-pyrrole nitrogens is 2. The molecule has 6 aliphatic rings. The molecule has 2 saturated carbocycles. The van der Waals surface area contributed by atoms with Crippen molar-refractivity contribution in [1.82, 2.24) is 29.7 Å². The van der Waals surface area contributed by atoms with Crippen LogP contribution in [0.25, 0.3) is 33.6 Å². The number of benzene rings is 2. The average molecular weight is 755 g/mol. The summed E-state index contributed by atoms with van der Waals surface area (Å²) in [6, 6.07) is 12.9. The number of nitrogens with zero attached hydrogens (tertiary/aromatic N) is 4. The number of nitrogens with two attached hydrogens (primary N) is 2. The number of primary amides is 2. The minimum absolute atomic E-state index is 0.116. The van der Waals surface area contributed by atoms with Gasteiger partial charge in [0, 0.05) is 66.6 Å². The van der Waals surface area contributed by atoms with Crippen LogP contribution in [0.2, 0.25) is 0 Å². The van der Waals surface area contributed by atoms with Crippen LogP contribution in [0.5, 0.6) is 0 Å². The fourth-order valence-corrected chi connectivity index (χ4v) is 11.8. The third-order valence-corrected chi connectivity index (χ3v) is 14.0. The third-order valence-electron chi connectivity index (χ3n) is 14.0. The van der Waals surface area contributed by atoms with Gasteiger partial charge >= 0.3 is 12.2 Å². The summed E-state index contributed by atoms with van der Waals surface area (Å²) in [5.41, 5.74) is 18.3. The minimum Gasteiger partial charge on any atom is -0.427 e. The molecule has 2 aliphatic carbocycles. The van der Waals surface area contributed by atoms with Gasteiger partial charge in [0.25, 0.3) is 0 Å². The summed E-state index contributed by atoms with van der Waals surface area (Å²) in [6.45, 7) is 5.80. The van der Waals surface area contributed by atoms with Gasteiger partial charge < -0.3 is 30.9 Å². The molecule has 2 amide bonds. The second-order valence-electron chi connectivity index (χ2n) is 16.3. The van der Waals surface area contributed by atoms with Crippen molar-refractivity contribution in [3.05, 3.63) is 82.7 Å². The first-order chi connectivity index (χ1) is 27.1. The predicted molar refractivity (Wildman–Crippen MR) is 203 cm³/mol. The Morgan fingerprint density at radius 2 is 1.18 bits per heavy atom. The predicted octanol–water partition coefficient (Wildman–Crippen LogP) is 5.01. The second-order valence-corrected chi connectivity index (χ2v) is 16.3. The lowest BCUT2D eigenvalue weighted by molar-refractivity contribution is -0.235. The molecule has 0 radical (unpaired) electrons. The summed E-state index contributed by atoms with van der Waals surface area (Å²) in [5, 5.41) is 0. The number of fused-ring (bicyclic) bond motifs is 8. The van der Waals surface area contributed by atoms with Crippen molar-refractivity contribution in [3.63, 3.8) is 0 Å². The molecular weight excluding hydrogens is 713 g/mol. The second kappa shape index (κ2) is 12.4. The van der Waals surface area contributed by atoms with Crippen LogP contribution in [0.3, 0.4) is 0 Å². The fourth-order valence-electron chi connectivity index (χ4n) is 11.8. The van der Waals surface area contributed by atoms with Crippen LogP contribution in [0, 0.1) is 25.7 Å². The summed E-state index contributed by atoms with van der Waals surface area (Å²) in [5.74, 6) is 4.72. The standard InChI is InChI=1S/C42H42N8O6/c1-21-22(2)28(30-18-46-38(48-30)34-26(20-52)16-42(56-40(44)54)36(34)32-6-4-14-50(32)42)12-11-27(21)23-7-9-24(10-8-23)29-17-45-37(47-29)33-25(19-51)15-41(55-39(43)53)35(33)31-5-3-13-49(31)41/h7-12,17-18,31-36H,3-6,13-16H2,1-2H3,(H2,43,53)(H2,44,54)(H,45,47)(H,46,48)/t31?,32?,33-,34-,35-,36-,41-,42-/m1/s1. The van der Waals surface area contributed by atoms with E-state index in [4.69, 9.17) is 30.9 Å². The minimum atomic E-state index is -0.919. The molecule has 56 heavy (non-hydrogen) atoms. The first kappa shape index (κ1) is 34.7. The molecule has 4 aromatic rings. The Balaban J connectivity index is 0.892. The van der Waals surface area contributed by atoms with E-state index >= 15 is 0 Å². The summed E-state index contributed by atoms with van der Waals surface area (Å²) in [4.78, 5) is 69.3. The topological polar surface area (TPSA) is 203 Å². The third kappa shape index (κ3) is 4.70. The lowest BCUT2D eigenvalue weighted by atomic mass is 9.74. The molecule has 2 unspecified atom stereocenters. The molecule has 4 saturated heterocycles. The number of amides is 2. The van der Waals surface area contributed by atoms with E-state index in [1.165, 1.54) is 0 Å². The normalized spacial score (nSPS) is 31.4. The molecule has 0 spiro atoms. The Morgan fingerprint density at radius 3 is 1.70 bits per heavy atom. The van der Waals surface area contributed by atoms with Crippen LogP contribution in [-0.2, 0) is 19.1 Å². The molecule has 10 rings (SSSR count). The van der Waals surface area contributed by atoms with E-state index in [9.17, 15) is 19.2 Å². The fraction of sp³-hybridized carbons (Fsp3) is 0.429. The quantitative estimate of drug-likeness (QED) is 0.186. The van der Waals surface area contributed by atoms with Crippen molar-refractivity contribution < 1.29 is 28.7 Å². The number of aromatic amines is 2. The molecule has 0 bridgehead atoms. The van der Waals surface area contributed by atoms with Crippen LogP contribution in [0.1, 0.15) is 73.1 Å². The van der Waals surface area contributed by atoms with Gasteiger partial charge in [0.05, 0.1) is 35.6 Å². The van der Waals surface area contributed by atoms with Gasteiger partial charge in [0.2, 0.25) is 0 Å². The molecule has 4 aliphatic heterocycles. The summed E-state index contributed by atoms with van der Waals surface area (Å²) in [6.07, 6.45) is 6.40. The number of aromatic nitrogens is 4. The maximum absolute atomic E-state index is 12.3. The Hall–Kier alpha value is -5.78. The van der Waals surface area contributed by atoms with Crippen LogP contribution in [-0.4, -0.2) is 90.4 Å². The van der Waals surface area contributed by atoms with Gasteiger partial charge in [-0.3, -0.25) is 9.80 Å². The maximum atomic E-state index is 12.3. The van der Waals surface area contributed by atoms with Crippen LogP contribution < -0.4 is 11.5 Å². The van der Waals surface area contributed by atoms with E-state index in [1.807, 2.05) is 6.20 Å². The number of rotatable bonds is 7. The largest absolute Gasteiger partial charge is 0.427 e. The van der Waals surface area contributed by atoms with Crippen molar-refractivity contribution in [2.45, 2.75) is 87.7 Å². The summed E-state index contributed by atoms with van der Waals surface area (Å²) < 4.78 is 11.5. The highest BCUT2D eigenvalue weighted by Gasteiger charge is 2.73. The van der Waals surface area contributed by atoms with Gasteiger partial charge in [-0.05, 0) is 67.3 Å². The highest BCUT2D eigenvalue weighted by atomic mass is 16.6. The lowest BCUT2D eigenvalue weighted by Crippen LogP contribution is -2.71. The van der Waals surface area contributed by atoms with Crippen molar-refractivity contribution in [2.75, 3.05) is 13.1 Å². The number of carbonyl (C=O) groups is 2. The summed E-state index contributed by atoms with van der Waals surface area (Å²) in [7, 11) is 0. The van der Waals surface area contributed by atoms with Crippen LogP contribution in [0.15, 0.2) is 59.9 Å². The van der Waals surface area contributed by atoms with E-state index in [-0.39, 0.29) is 48.6 Å². The number of ether oxygens (including phenoxy) is 2. The molecule has 14 nitrogen and oxygen atoms in total. The van der Waals surface area contributed by atoms with Crippen LogP contribution >= 0.6 is 0 Å². The number of hydrogen-bond donors (Lipinski definition) is 4. The zero-order valence-corrected chi connectivity index (χ0v) is 31.1. The Kier molecular flexibility index (Phi) is 7.66. The molecule has 286 valence electrons. The summed E-state index contributed by atoms with van der Waals surface area (Å²) >= 11 is 0. The Labute approximate surface area is 322 Å². The monoisotopic (exact) mass is 754 g/mol. The first-order valence-electron chi connectivity index (χ1n) is 19.4. The van der Waals surface area contributed by atoms with Crippen molar-refractivity contribution >= 4 is 24.1 Å². The molecule has 14 heteroatoms. The SMILES string of the molecule is Cc1c(-c2ccc(-c3cnc([C@@H]4C(=C=O)C[C@@]5(OC(N)=O)[C@@H]4C4CCCN45)[nH]3)cc2)ccc(-c2cnc([C@@H]3C(=C=O)C[C@@]4(OC(N)=O)[C@@H]3C3CCCN34)[nH]2)c1C. The van der Waals surface area contributed by atoms with E-state index < -0.39 is 23.6 Å².